The van der Waals surface area contributed by atoms with Crippen molar-refractivity contribution in [2.24, 2.45) is 0 Å². The van der Waals surface area contributed by atoms with Gasteiger partial charge in [-0.05, 0) is 24.3 Å². The van der Waals surface area contributed by atoms with Gasteiger partial charge in [-0.25, -0.2) is 4.68 Å². The van der Waals surface area contributed by atoms with Gasteiger partial charge in [-0.1, -0.05) is 18.2 Å². The highest BCUT2D eigenvalue weighted by Gasteiger charge is 2.32. The van der Waals surface area contributed by atoms with Crippen LogP contribution in [0.15, 0.2) is 53.5 Å². The van der Waals surface area contributed by atoms with Crippen molar-refractivity contribution < 1.29 is 14.4 Å². The fourth-order valence-corrected chi connectivity index (χ4v) is 3.02. The molecular formula is C19H14N4O4. The standard InChI is InChI=1S/C19H14N4O4/c1-22-17(25)14-7-6-12(8-15(14)18(22)26)21-16(24)10-23-19(27)13-5-3-2-4-11(13)9-20-23/h2-9H,10H2,1H3,(H,21,24). The molecule has 1 N–H and O–H groups in total. The molecule has 0 fully saturated rings. The molecule has 4 rings (SSSR count). The van der Waals surface area contributed by atoms with E-state index < -0.39 is 11.8 Å². The highest BCUT2D eigenvalue weighted by molar-refractivity contribution is 6.21. The summed E-state index contributed by atoms with van der Waals surface area (Å²) in [5.74, 6) is -1.26. The van der Waals surface area contributed by atoms with Crippen molar-refractivity contribution in [1.82, 2.24) is 14.7 Å². The minimum Gasteiger partial charge on any atom is -0.324 e. The molecule has 1 aliphatic heterocycles. The van der Waals surface area contributed by atoms with Crippen LogP contribution in [0.5, 0.6) is 0 Å². The first-order valence-corrected chi connectivity index (χ1v) is 8.17. The molecule has 27 heavy (non-hydrogen) atoms. The number of amides is 3. The number of fused-ring (bicyclic) bond motifs is 2. The van der Waals surface area contributed by atoms with E-state index in [9.17, 15) is 19.2 Å². The lowest BCUT2D eigenvalue weighted by molar-refractivity contribution is -0.117. The van der Waals surface area contributed by atoms with Crippen LogP contribution in [-0.2, 0) is 11.3 Å². The van der Waals surface area contributed by atoms with Crippen LogP contribution in [0.3, 0.4) is 0 Å². The van der Waals surface area contributed by atoms with Crippen molar-refractivity contribution in [3.63, 3.8) is 0 Å². The predicted octanol–water partition coefficient (Wildman–Crippen LogP) is 1.26. The topological polar surface area (TPSA) is 101 Å². The lowest BCUT2D eigenvalue weighted by atomic mass is 10.1. The number of anilines is 1. The Bertz CT molecular complexity index is 1180. The molecule has 2 aromatic carbocycles. The Morgan fingerprint density at radius 1 is 1.04 bits per heavy atom. The van der Waals surface area contributed by atoms with Crippen LogP contribution >= 0.6 is 0 Å². The summed E-state index contributed by atoms with van der Waals surface area (Å²) in [6.07, 6.45) is 1.53. The second-order valence-corrected chi connectivity index (χ2v) is 6.17. The Balaban J connectivity index is 1.56. The van der Waals surface area contributed by atoms with E-state index in [1.165, 1.54) is 31.4 Å². The molecule has 1 aromatic heterocycles. The first-order chi connectivity index (χ1) is 13.0. The minimum atomic E-state index is -0.468. The van der Waals surface area contributed by atoms with E-state index in [0.717, 1.165) is 9.58 Å². The summed E-state index contributed by atoms with van der Waals surface area (Å²) in [7, 11) is 1.40. The number of nitrogens with zero attached hydrogens (tertiary/aromatic N) is 3. The highest BCUT2D eigenvalue weighted by atomic mass is 16.2. The van der Waals surface area contributed by atoms with Crippen LogP contribution in [0.1, 0.15) is 20.7 Å². The average Bonchev–Trinajstić information content (AvgIpc) is 2.88. The van der Waals surface area contributed by atoms with Crippen LogP contribution in [0.25, 0.3) is 10.8 Å². The summed E-state index contributed by atoms with van der Waals surface area (Å²) >= 11 is 0. The largest absolute Gasteiger partial charge is 0.324 e. The fourth-order valence-electron chi connectivity index (χ4n) is 3.02. The first-order valence-electron chi connectivity index (χ1n) is 8.17. The smallest absolute Gasteiger partial charge is 0.275 e. The Morgan fingerprint density at radius 3 is 2.59 bits per heavy atom. The highest BCUT2D eigenvalue weighted by Crippen LogP contribution is 2.24. The van der Waals surface area contributed by atoms with Gasteiger partial charge in [-0.2, -0.15) is 5.10 Å². The first kappa shape index (κ1) is 16.6. The van der Waals surface area contributed by atoms with Crippen molar-refractivity contribution in [2.45, 2.75) is 6.54 Å². The molecule has 0 saturated carbocycles. The van der Waals surface area contributed by atoms with Gasteiger partial charge in [0.1, 0.15) is 6.54 Å². The summed E-state index contributed by atoms with van der Waals surface area (Å²) in [4.78, 5) is 49.7. The van der Waals surface area contributed by atoms with Gasteiger partial charge >= 0.3 is 0 Å². The number of aromatic nitrogens is 2. The van der Waals surface area contributed by atoms with E-state index in [2.05, 4.69) is 10.4 Å². The van der Waals surface area contributed by atoms with Gasteiger partial charge in [0.2, 0.25) is 5.91 Å². The molecule has 3 amide bonds. The maximum Gasteiger partial charge on any atom is 0.275 e. The van der Waals surface area contributed by atoms with Crippen LogP contribution in [0.2, 0.25) is 0 Å². The predicted molar refractivity (Wildman–Crippen MR) is 97.5 cm³/mol. The Hall–Kier alpha value is -3.81. The van der Waals surface area contributed by atoms with E-state index in [1.54, 1.807) is 24.3 Å². The van der Waals surface area contributed by atoms with Gasteiger partial charge in [-0.3, -0.25) is 24.1 Å². The van der Waals surface area contributed by atoms with Gasteiger partial charge in [0.25, 0.3) is 17.4 Å². The molecule has 1 aliphatic rings. The van der Waals surface area contributed by atoms with E-state index >= 15 is 0 Å². The minimum absolute atomic E-state index is 0.237. The second-order valence-electron chi connectivity index (χ2n) is 6.17. The van der Waals surface area contributed by atoms with E-state index in [4.69, 9.17) is 0 Å². The normalized spacial score (nSPS) is 13.1. The number of rotatable bonds is 3. The van der Waals surface area contributed by atoms with Crippen molar-refractivity contribution in [3.05, 3.63) is 70.1 Å². The van der Waals surface area contributed by atoms with Gasteiger partial charge < -0.3 is 5.32 Å². The maximum absolute atomic E-state index is 12.4. The molecule has 8 nitrogen and oxygen atoms in total. The molecular weight excluding hydrogens is 348 g/mol. The van der Waals surface area contributed by atoms with Crippen LogP contribution in [0, 0.1) is 0 Å². The molecule has 0 saturated heterocycles. The summed E-state index contributed by atoms with van der Waals surface area (Å²) in [5.41, 5.74) is 0.540. The van der Waals surface area contributed by atoms with Crippen molar-refractivity contribution in [2.75, 3.05) is 12.4 Å². The third kappa shape index (κ3) is 2.77. The number of nitrogens with one attached hydrogen (secondary N) is 1. The Labute approximate surface area is 153 Å². The van der Waals surface area contributed by atoms with E-state index in [1.807, 2.05) is 0 Å². The third-order valence-electron chi connectivity index (χ3n) is 4.43. The molecule has 0 aliphatic carbocycles. The van der Waals surface area contributed by atoms with Crippen LogP contribution in [0.4, 0.5) is 5.69 Å². The number of benzene rings is 2. The zero-order chi connectivity index (χ0) is 19.1. The lowest BCUT2D eigenvalue weighted by Crippen LogP contribution is -2.29. The van der Waals surface area contributed by atoms with E-state index in [-0.39, 0.29) is 23.6 Å². The third-order valence-corrected chi connectivity index (χ3v) is 4.43. The number of imide groups is 1. The number of carbonyl (C=O) groups is 3. The van der Waals surface area contributed by atoms with Gasteiger partial charge in [0, 0.05) is 18.1 Å². The number of carbonyl (C=O) groups excluding carboxylic acids is 3. The molecule has 3 aromatic rings. The average molecular weight is 362 g/mol. The zero-order valence-electron chi connectivity index (χ0n) is 14.3. The maximum atomic E-state index is 12.4. The van der Waals surface area contributed by atoms with Crippen LogP contribution < -0.4 is 10.9 Å². The molecule has 0 atom stereocenters. The summed E-state index contributed by atoms with van der Waals surface area (Å²) in [6, 6.07) is 11.5. The molecule has 0 unspecified atom stereocenters. The van der Waals surface area contributed by atoms with Crippen molar-refractivity contribution >= 4 is 34.2 Å². The quantitative estimate of drug-likeness (QED) is 0.707. The summed E-state index contributed by atoms with van der Waals surface area (Å²) in [5, 5.41) is 7.82. The van der Waals surface area contributed by atoms with Gasteiger partial charge in [0.05, 0.1) is 22.7 Å². The molecule has 8 heteroatoms. The van der Waals surface area contributed by atoms with Crippen LogP contribution in [-0.4, -0.2) is 39.4 Å². The van der Waals surface area contributed by atoms with E-state index in [0.29, 0.717) is 22.0 Å². The fraction of sp³-hybridized carbons (Fsp3) is 0.105. The molecule has 0 bridgehead atoms. The lowest BCUT2D eigenvalue weighted by Gasteiger charge is -2.08. The number of hydrogen-bond acceptors (Lipinski definition) is 5. The van der Waals surface area contributed by atoms with Gasteiger partial charge in [0.15, 0.2) is 0 Å². The summed E-state index contributed by atoms with van der Waals surface area (Å²) < 4.78 is 1.08. The van der Waals surface area contributed by atoms with Crippen molar-refractivity contribution in [1.29, 1.82) is 0 Å². The zero-order valence-corrected chi connectivity index (χ0v) is 14.3. The SMILES string of the molecule is CN1C(=O)c2ccc(NC(=O)Cn3ncc4ccccc4c3=O)cc2C1=O. The monoisotopic (exact) mass is 362 g/mol. The Kier molecular flexibility index (Phi) is 3.80. The number of hydrogen-bond donors (Lipinski definition) is 1. The molecule has 0 spiro atoms. The summed E-state index contributed by atoms with van der Waals surface area (Å²) in [6.45, 7) is -0.270. The Morgan fingerprint density at radius 2 is 1.78 bits per heavy atom. The second kappa shape index (κ2) is 6.17. The van der Waals surface area contributed by atoms with Gasteiger partial charge in [-0.15, -0.1) is 0 Å². The molecule has 2 heterocycles. The van der Waals surface area contributed by atoms with Crippen molar-refractivity contribution in [3.8, 4) is 0 Å². The molecule has 0 radical (unpaired) electrons. The molecule has 134 valence electrons.